The van der Waals surface area contributed by atoms with Gasteiger partial charge in [0.05, 0.1) is 17.7 Å². The van der Waals surface area contributed by atoms with Crippen LogP contribution in [0.5, 0.6) is 11.5 Å². The highest BCUT2D eigenvalue weighted by atomic mass is 16.7. The molecule has 0 fully saturated rings. The fraction of sp³-hybridized carbons (Fsp3) is 0.100. The maximum Gasteiger partial charge on any atom is 0.269 e. The van der Waals surface area contributed by atoms with Gasteiger partial charge in [-0.05, 0) is 36.4 Å². The van der Waals surface area contributed by atoms with E-state index in [9.17, 15) is 14.9 Å². The molecule has 0 aliphatic carbocycles. The van der Waals surface area contributed by atoms with E-state index in [2.05, 4.69) is 15.8 Å². The Kier molecular flexibility index (Phi) is 5.29. The van der Waals surface area contributed by atoms with Crippen LogP contribution in [0.25, 0.3) is 11.3 Å². The number of hydrogen-bond donors (Lipinski definition) is 2. The molecule has 1 aliphatic rings. The lowest BCUT2D eigenvalue weighted by Crippen LogP contribution is -2.25. The SMILES string of the molecule is O=C(CNc1ccc2c(c1)OCO2)N/N=C\c1ccc(-c2ccc([N+](=O)[O-])cc2)o1. The van der Waals surface area contributed by atoms with Gasteiger partial charge in [-0.3, -0.25) is 14.9 Å². The Balaban J connectivity index is 1.28. The van der Waals surface area contributed by atoms with Gasteiger partial charge in [-0.2, -0.15) is 5.10 Å². The molecule has 30 heavy (non-hydrogen) atoms. The first-order chi connectivity index (χ1) is 14.6. The predicted molar refractivity (Wildman–Crippen MR) is 108 cm³/mol. The van der Waals surface area contributed by atoms with E-state index >= 15 is 0 Å². The smallest absolute Gasteiger partial charge is 0.269 e. The summed E-state index contributed by atoms with van der Waals surface area (Å²) >= 11 is 0. The number of ether oxygens (including phenoxy) is 2. The van der Waals surface area contributed by atoms with Gasteiger partial charge in [-0.15, -0.1) is 0 Å². The van der Waals surface area contributed by atoms with E-state index in [0.717, 1.165) is 5.69 Å². The van der Waals surface area contributed by atoms with Crippen molar-refractivity contribution in [2.45, 2.75) is 0 Å². The third-order valence-electron chi connectivity index (χ3n) is 4.20. The van der Waals surface area contributed by atoms with Gasteiger partial charge >= 0.3 is 0 Å². The quantitative estimate of drug-likeness (QED) is 0.349. The summed E-state index contributed by atoms with van der Waals surface area (Å²) in [6, 6.07) is 14.7. The van der Waals surface area contributed by atoms with Crippen molar-refractivity contribution in [3.8, 4) is 22.8 Å². The maximum absolute atomic E-state index is 11.9. The molecule has 3 aromatic rings. The lowest BCUT2D eigenvalue weighted by molar-refractivity contribution is -0.384. The molecular weight excluding hydrogens is 392 g/mol. The Bertz CT molecular complexity index is 1110. The van der Waals surface area contributed by atoms with Gasteiger partial charge < -0.3 is 19.2 Å². The van der Waals surface area contributed by atoms with E-state index in [4.69, 9.17) is 13.9 Å². The Hall–Kier alpha value is -4.34. The molecule has 4 rings (SSSR count). The average Bonchev–Trinajstić information content (AvgIpc) is 3.41. The van der Waals surface area contributed by atoms with Crippen molar-refractivity contribution in [3.05, 3.63) is 70.5 Å². The standard InChI is InChI=1S/C20H16N4O6/c25-20(11-21-14-3-7-18-19(9-14)29-12-28-18)23-22-10-16-6-8-17(30-16)13-1-4-15(5-2-13)24(26)27/h1-10,21H,11-12H2,(H,23,25)/b22-10-. The molecule has 0 atom stereocenters. The normalized spacial score (nSPS) is 12.1. The summed E-state index contributed by atoms with van der Waals surface area (Å²) in [6.45, 7) is 0.204. The minimum atomic E-state index is -0.464. The van der Waals surface area contributed by atoms with Crippen LogP contribution in [0.1, 0.15) is 5.76 Å². The number of nitrogens with one attached hydrogen (secondary N) is 2. The third-order valence-corrected chi connectivity index (χ3v) is 4.20. The highest BCUT2D eigenvalue weighted by Gasteiger charge is 2.13. The van der Waals surface area contributed by atoms with E-state index in [0.29, 0.717) is 28.6 Å². The topological polar surface area (TPSA) is 128 Å². The van der Waals surface area contributed by atoms with Gasteiger partial charge in [0.1, 0.15) is 11.5 Å². The van der Waals surface area contributed by atoms with Gasteiger partial charge in [0, 0.05) is 29.4 Å². The molecular formula is C20H16N4O6. The minimum Gasteiger partial charge on any atom is -0.455 e. The zero-order valence-electron chi connectivity index (χ0n) is 15.5. The number of furan rings is 1. The summed E-state index contributed by atoms with van der Waals surface area (Å²) < 4.78 is 16.1. The monoisotopic (exact) mass is 408 g/mol. The summed E-state index contributed by atoms with van der Waals surface area (Å²) in [5.74, 6) is 1.90. The molecule has 10 heteroatoms. The zero-order chi connectivity index (χ0) is 20.9. The number of anilines is 1. The van der Waals surface area contributed by atoms with Gasteiger partial charge in [0.15, 0.2) is 11.5 Å². The molecule has 2 heterocycles. The summed E-state index contributed by atoms with van der Waals surface area (Å²) in [6.07, 6.45) is 1.37. The van der Waals surface area contributed by atoms with Crippen molar-refractivity contribution in [2.75, 3.05) is 18.7 Å². The number of nitro benzene ring substituents is 1. The van der Waals surface area contributed by atoms with Crippen LogP contribution in [0, 0.1) is 10.1 Å². The highest BCUT2D eigenvalue weighted by Crippen LogP contribution is 2.34. The van der Waals surface area contributed by atoms with E-state index in [1.54, 1.807) is 42.5 Å². The number of hydrazone groups is 1. The van der Waals surface area contributed by atoms with Crippen LogP contribution in [-0.2, 0) is 4.79 Å². The molecule has 0 bridgehead atoms. The molecule has 0 saturated heterocycles. The van der Waals surface area contributed by atoms with E-state index in [1.165, 1.54) is 18.3 Å². The first-order valence-electron chi connectivity index (χ1n) is 8.88. The molecule has 2 aromatic carbocycles. The lowest BCUT2D eigenvalue weighted by Gasteiger charge is -2.06. The van der Waals surface area contributed by atoms with Crippen LogP contribution in [0.3, 0.4) is 0 Å². The van der Waals surface area contributed by atoms with Crippen molar-refractivity contribution < 1.29 is 23.6 Å². The molecule has 0 unspecified atom stereocenters. The first-order valence-corrected chi connectivity index (χ1v) is 8.88. The van der Waals surface area contributed by atoms with Crippen LogP contribution in [-0.4, -0.2) is 30.4 Å². The number of carbonyl (C=O) groups is 1. The molecule has 0 radical (unpaired) electrons. The molecule has 2 N–H and O–H groups in total. The van der Waals surface area contributed by atoms with Gasteiger partial charge in [-0.25, -0.2) is 5.43 Å². The molecule has 10 nitrogen and oxygen atoms in total. The van der Waals surface area contributed by atoms with Crippen molar-refractivity contribution in [1.82, 2.24) is 5.43 Å². The molecule has 1 aromatic heterocycles. The van der Waals surface area contributed by atoms with Gasteiger partial charge in [-0.1, -0.05) is 0 Å². The third kappa shape index (κ3) is 4.38. The second-order valence-electron chi connectivity index (χ2n) is 6.22. The Morgan fingerprint density at radius 3 is 2.70 bits per heavy atom. The first kappa shape index (κ1) is 19.0. The molecule has 1 aliphatic heterocycles. The summed E-state index contributed by atoms with van der Waals surface area (Å²) in [5.41, 5.74) is 3.82. The minimum absolute atomic E-state index is 0.00385. The van der Waals surface area contributed by atoms with E-state index in [1.807, 2.05) is 0 Å². The Labute approximate surface area is 170 Å². The van der Waals surface area contributed by atoms with Crippen molar-refractivity contribution in [2.24, 2.45) is 5.10 Å². The van der Waals surface area contributed by atoms with Crippen LogP contribution < -0.4 is 20.2 Å². The lowest BCUT2D eigenvalue weighted by atomic mass is 10.1. The number of hydrogen-bond acceptors (Lipinski definition) is 8. The van der Waals surface area contributed by atoms with Gasteiger partial charge in [0.2, 0.25) is 6.79 Å². The molecule has 0 spiro atoms. The second-order valence-corrected chi connectivity index (χ2v) is 6.22. The second kappa shape index (κ2) is 8.35. The number of amides is 1. The van der Waals surface area contributed by atoms with Crippen molar-refractivity contribution in [3.63, 3.8) is 0 Å². The summed E-state index contributed by atoms with van der Waals surface area (Å²) in [5, 5.41) is 17.5. The van der Waals surface area contributed by atoms with E-state index < -0.39 is 4.92 Å². The number of fused-ring (bicyclic) bond motifs is 1. The molecule has 0 saturated carbocycles. The van der Waals surface area contributed by atoms with Crippen LogP contribution in [0.2, 0.25) is 0 Å². The number of non-ortho nitro benzene ring substituents is 1. The largest absolute Gasteiger partial charge is 0.455 e. The average molecular weight is 408 g/mol. The Morgan fingerprint density at radius 2 is 1.90 bits per heavy atom. The number of benzene rings is 2. The fourth-order valence-corrected chi connectivity index (χ4v) is 2.72. The van der Waals surface area contributed by atoms with Crippen LogP contribution in [0.4, 0.5) is 11.4 Å². The number of nitrogens with zero attached hydrogens (tertiary/aromatic N) is 2. The molecule has 1 amide bonds. The highest BCUT2D eigenvalue weighted by molar-refractivity contribution is 5.83. The van der Waals surface area contributed by atoms with Gasteiger partial charge in [0.25, 0.3) is 11.6 Å². The fourth-order valence-electron chi connectivity index (χ4n) is 2.72. The van der Waals surface area contributed by atoms with Crippen LogP contribution in [0.15, 0.2) is 64.1 Å². The molecule has 152 valence electrons. The maximum atomic E-state index is 11.9. The summed E-state index contributed by atoms with van der Waals surface area (Å²) in [4.78, 5) is 22.2. The van der Waals surface area contributed by atoms with Crippen molar-refractivity contribution in [1.29, 1.82) is 0 Å². The summed E-state index contributed by atoms with van der Waals surface area (Å²) in [7, 11) is 0. The Morgan fingerprint density at radius 1 is 1.10 bits per heavy atom. The number of rotatable bonds is 7. The number of nitro groups is 1. The van der Waals surface area contributed by atoms with Crippen molar-refractivity contribution >= 4 is 23.5 Å². The van der Waals surface area contributed by atoms with E-state index in [-0.39, 0.29) is 24.9 Å². The number of carbonyl (C=O) groups excluding carboxylic acids is 1. The van der Waals surface area contributed by atoms with Crippen LogP contribution >= 0.6 is 0 Å². The predicted octanol–water partition coefficient (Wildman–Crippen LogP) is 3.15. The zero-order valence-corrected chi connectivity index (χ0v) is 15.5.